The normalized spacial score (nSPS) is 21.2. The van der Waals surface area contributed by atoms with E-state index in [0.29, 0.717) is 11.6 Å². The molecule has 1 saturated carbocycles. The molecule has 6 heteroatoms. The largest absolute Gasteiger partial charge is 0.369 e. The lowest BCUT2D eigenvalue weighted by Crippen LogP contribution is -2.51. The molecule has 1 saturated heterocycles. The van der Waals surface area contributed by atoms with Crippen molar-refractivity contribution >= 4 is 23.4 Å². The molecule has 3 N–H and O–H groups in total. The Morgan fingerprint density at radius 3 is 2.32 bits per heavy atom. The minimum absolute atomic E-state index is 0.140. The van der Waals surface area contributed by atoms with E-state index in [9.17, 15) is 9.59 Å². The molecule has 2 aliphatic rings. The van der Waals surface area contributed by atoms with Crippen molar-refractivity contribution in [3.8, 4) is 0 Å². The Hall–Kier alpha value is -1.59. The van der Waals surface area contributed by atoms with Crippen LogP contribution in [-0.4, -0.2) is 42.4 Å². The lowest BCUT2D eigenvalue weighted by Gasteiger charge is -2.35. The van der Waals surface area contributed by atoms with Crippen LogP contribution in [0.4, 0.5) is 0 Å². The Labute approximate surface area is 153 Å². The van der Waals surface area contributed by atoms with E-state index in [0.717, 1.165) is 57.2 Å². The molecular weight excluding hydrogens is 338 g/mol. The molecule has 2 amide bonds. The molecule has 0 bridgehead atoms. The Kier molecular flexibility index (Phi) is 5.64. The highest BCUT2D eigenvalue weighted by Crippen LogP contribution is 2.42. The van der Waals surface area contributed by atoms with E-state index in [4.69, 9.17) is 17.3 Å². The number of hydrogen-bond acceptors (Lipinski definition) is 3. The van der Waals surface area contributed by atoms with E-state index < -0.39 is 5.41 Å². The monoisotopic (exact) mass is 363 g/mol. The Morgan fingerprint density at radius 2 is 1.76 bits per heavy atom. The third-order valence-corrected chi connectivity index (χ3v) is 5.84. The lowest BCUT2D eigenvalue weighted by atomic mass is 9.77. The van der Waals surface area contributed by atoms with Crippen LogP contribution in [0.25, 0.3) is 0 Å². The second kappa shape index (κ2) is 7.75. The first-order valence-electron chi connectivity index (χ1n) is 9.07. The topological polar surface area (TPSA) is 75.4 Å². The number of carbonyl (C=O) groups excluding carboxylic acids is 2. The van der Waals surface area contributed by atoms with Crippen molar-refractivity contribution in [3.63, 3.8) is 0 Å². The first kappa shape index (κ1) is 18.2. The molecule has 136 valence electrons. The first-order chi connectivity index (χ1) is 12.0. The van der Waals surface area contributed by atoms with Gasteiger partial charge in [-0.25, -0.2) is 0 Å². The number of nitrogens with two attached hydrogens (primary N) is 1. The van der Waals surface area contributed by atoms with Crippen molar-refractivity contribution in [1.29, 1.82) is 0 Å². The molecule has 1 aliphatic carbocycles. The maximum absolute atomic E-state index is 13.1. The van der Waals surface area contributed by atoms with E-state index in [-0.39, 0.29) is 17.9 Å². The smallest absolute Gasteiger partial charge is 0.231 e. The van der Waals surface area contributed by atoms with Gasteiger partial charge in [-0.05, 0) is 43.4 Å². The van der Waals surface area contributed by atoms with Gasteiger partial charge in [-0.15, -0.1) is 0 Å². The molecule has 1 heterocycles. The van der Waals surface area contributed by atoms with Crippen molar-refractivity contribution in [3.05, 3.63) is 34.9 Å². The van der Waals surface area contributed by atoms with Gasteiger partial charge in [-0.3, -0.25) is 14.5 Å². The summed E-state index contributed by atoms with van der Waals surface area (Å²) in [6.07, 6.45) is 5.65. The number of hydrogen-bond donors (Lipinski definition) is 2. The molecule has 0 atom stereocenters. The van der Waals surface area contributed by atoms with Crippen molar-refractivity contribution < 1.29 is 9.59 Å². The van der Waals surface area contributed by atoms with Crippen LogP contribution in [0.3, 0.4) is 0 Å². The van der Waals surface area contributed by atoms with E-state index in [1.165, 1.54) is 0 Å². The fourth-order valence-corrected chi connectivity index (χ4v) is 4.30. The molecule has 1 aromatic rings. The minimum atomic E-state index is -0.422. The molecule has 0 radical (unpaired) electrons. The summed E-state index contributed by atoms with van der Waals surface area (Å²) in [4.78, 5) is 26.2. The number of likely N-dealkylation sites (tertiary alicyclic amines) is 1. The van der Waals surface area contributed by atoms with Crippen LogP contribution in [0.1, 0.15) is 44.1 Å². The molecule has 25 heavy (non-hydrogen) atoms. The van der Waals surface area contributed by atoms with Gasteiger partial charge in [0.05, 0.1) is 12.0 Å². The van der Waals surface area contributed by atoms with E-state index >= 15 is 0 Å². The summed E-state index contributed by atoms with van der Waals surface area (Å²) in [5, 5.41) is 3.97. The zero-order chi connectivity index (χ0) is 17.9. The quantitative estimate of drug-likeness (QED) is 0.842. The van der Waals surface area contributed by atoms with Gasteiger partial charge in [0.1, 0.15) is 0 Å². The zero-order valence-electron chi connectivity index (χ0n) is 14.5. The van der Waals surface area contributed by atoms with Gasteiger partial charge in [0.25, 0.3) is 0 Å². The van der Waals surface area contributed by atoms with Crippen LogP contribution in [-0.2, 0) is 15.0 Å². The molecule has 5 nitrogen and oxygen atoms in total. The number of piperidine rings is 1. The second-order valence-corrected chi connectivity index (χ2v) is 7.72. The molecule has 1 aliphatic heterocycles. The third-order valence-electron chi connectivity index (χ3n) is 5.59. The number of amides is 2. The van der Waals surface area contributed by atoms with Gasteiger partial charge in [0.15, 0.2) is 0 Å². The summed E-state index contributed by atoms with van der Waals surface area (Å²) >= 11 is 6.01. The highest BCUT2D eigenvalue weighted by atomic mass is 35.5. The van der Waals surface area contributed by atoms with Gasteiger partial charge < -0.3 is 11.1 Å². The molecule has 0 spiro atoms. The predicted octanol–water partition coefficient (Wildman–Crippen LogP) is 2.22. The molecule has 3 rings (SSSR count). The Balaban J connectivity index is 1.64. The third kappa shape index (κ3) is 4.15. The van der Waals surface area contributed by atoms with Crippen molar-refractivity contribution in [1.82, 2.24) is 10.2 Å². The van der Waals surface area contributed by atoms with E-state index in [1.807, 2.05) is 24.3 Å². The van der Waals surface area contributed by atoms with Crippen LogP contribution in [0.2, 0.25) is 5.02 Å². The summed E-state index contributed by atoms with van der Waals surface area (Å²) in [5.74, 6) is -0.157. The highest BCUT2D eigenvalue weighted by molar-refractivity contribution is 6.30. The van der Waals surface area contributed by atoms with Crippen LogP contribution in [0, 0.1) is 0 Å². The van der Waals surface area contributed by atoms with Crippen LogP contribution >= 0.6 is 11.6 Å². The second-order valence-electron chi connectivity index (χ2n) is 7.29. The zero-order valence-corrected chi connectivity index (χ0v) is 15.2. The molecule has 0 aromatic heterocycles. The van der Waals surface area contributed by atoms with Gasteiger partial charge in [-0.1, -0.05) is 36.6 Å². The number of benzene rings is 1. The molecule has 2 fully saturated rings. The van der Waals surface area contributed by atoms with Gasteiger partial charge in [0, 0.05) is 24.2 Å². The summed E-state index contributed by atoms with van der Waals surface area (Å²) < 4.78 is 0. The summed E-state index contributed by atoms with van der Waals surface area (Å²) in [6.45, 7) is 1.89. The van der Waals surface area contributed by atoms with Crippen molar-refractivity contribution in [2.24, 2.45) is 5.73 Å². The fourth-order valence-electron chi connectivity index (χ4n) is 4.17. The first-order valence-corrected chi connectivity index (χ1v) is 9.45. The van der Waals surface area contributed by atoms with Crippen LogP contribution < -0.4 is 11.1 Å². The number of carbonyl (C=O) groups is 2. The Morgan fingerprint density at radius 1 is 1.16 bits per heavy atom. The summed E-state index contributed by atoms with van der Waals surface area (Å²) in [5.41, 5.74) is 5.90. The number of halogens is 1. The van der Waals surface area contributed by atoms with E-state index in [1.54, 1.807) is 0 Å². The van der Waals surface area contributed by atoms with Crippen molar-refractivity contribution in [2.45, 2.75) is 50.0 Å². The average molecular weight is 364 g/mol. The van der Waals surface area contributed by atoms with Crippen LogP contribution in [0.5, 0.6) is 0 Å². The number of nitrogens with zero attached hydrogens (tertiary/aromatic N) is 1. The number of nitrogens with one attached hydrogen (secondary N) is 1. The standard InChI is InChI=1S/C19H26ClN3O2/c20-15-5-3-14(4-6-15)19(9-1-2-10-19)18(25)22-16-7-11-23(12-8-16)13-17(21)24/h3-6,16H,1-2,7-13H2,(H2,21,24)(H,22,25). The van der Waals surface area contributed by atoms with Crippen LogP contribution in [0.15, 0.2) is 24.3 Å². The molecule has 1 aromatic carbocycles. The average Bonchev–Trinajstić information content (AvgIpc) is 3.08. The maximum atomic E-state index is 13.1. The Bertz CT molecular complexity index is 618. The highest BCUT2D eigenvalue weighted by Gasteiger charge is 2.43. The summed E-state index contributed by atoms with van der Waals surface area (Å²) in [7, 11) is 0. The lowest BCUT2D eigenvalue weighted by molar-refractivity contribution is -0.128. The van der Waals surface area contributed by atoms with E-state index in [2.05, 4.69) is 10.2 Å². The van der Waals surface area contributed by atoms with Crippen molar-refractivity contribution in [2.75, 3.05) is 19.6 Å². The van der Waals surface area contributed by atoms with Gasteiger partial charge >= 0.3 is 0 Å². The SMILES string of the molecule is NC(=O)CN1CCC(NC(=O)C2(c3ccc(Cl)cc3)CCCC2)CC1. The minimum Gasteiger partial charge on any atom is -0.369 e. The maximum Gasteiger partial charge on any atom is 0.231 e. The number of rotatable bonds is 5. The number of primary amides is 1. The van der Waals surface area contributed by atoms with Gasteiger partial charge in [0.2, 0.25) is 11.8 Å². The summed E-state index contributed by atoms with van der Waals surface area (Å²) in [6, 6.07) is 7.88. The van der Waals surface area contributed by atoms with Gasteiger partial charge in [-0.2, -0.15) is 0 Å². The molecular formula is C19H26ClN3O2. The molecule has 0 unspecified atom stereocenters. The fraction of sp³-hybridized carbons (Fsp3) is 0.579. The predicted molar refractivity (Wildman–Crippen MR) is 98.4 cm³/mol.